The molecular weight excluding hydrogens is 309 g/mol. The third-order valence-electron chi connectivity index (χ3n) is 2.53. The number of hydrogen-bond acceptors (Lipinski definition) is 4. The number of nitrogens with one attached hydrogen (secondary N) is 1. The van der Waals surface area contributed by atoms with E-state index >= 15 is 0 Å². The third kappa shape index (κ3) is 3.95. The molecule has 1 N–H and O–H groups in total. The Hall–Kier alpha value is -0.560. The van der Waals surface area contributed by atoms with Gasteiger partial charge in [-0.3, -0.25) is 0 Å². The minimum absolute atomic E-state index is 0.140. The molecule has 0 saturated carbocycles. The molecule has 0 spiro atoms. The molecule has 0 unspecified atom stereocenters. The van der Waals surface area contributed by atoms with E-state index < -0.39 is 15.6 Å². The van der Waals surface area contributed by atoms with Gasteiger partial charge in [0.15, 0.2) is 0 Å². The van der Waals surface area contributed by atoms with Crippen LogP contribution >= 0.6 is 23.2 Å². The molecular formula is C11H17Cl2N3O2S. The van der Waals surface area contributed by atoms with Gasteiger partial charge in [-0.25, -0.2) is 17.7 Å². The van der Waals surface area contributed by atoms with Crippen molar-refractivity contribution in [2.75, 3.05) is 31.2 Å². The molecule has 1 aromatic heterocycles. The van der Waals surface area contributed by atoms with Crippen LogP contribution in [0.5, 0.6) is 0 Å². The van der Waals surface area contributed by atoms with E-state index in [4.69, 9.17) is 23.2 Å². The predicted molar refractivity (Wildman–Crippen MR) is 78.6 cm³/mol. The number of sulfonamides is 1. The van der Waals surface area contributed by atoms with Crippen molar-refractivity contribution in [2.45, 2.75) is 17.4 Å². The zero-order valence-corrected chi connectivity index (χ0v) is 13.3. The maximum atomic E-state index is 11.9. The van der Waals surface area contributed by atoms with Gasteiger partial charge in [-0.2, -0.15) is 0 Å². The van der Waals surface area contributed by atoms with Gasteiger partial charge in [-0.1, -0.05) is 0 Å². The summed E-state index contributed by atoms with van der Waals surface area (Å²) in [6.45, 7) is 1.86. The first-order chi connectivity index (χ1) is 8.75. The molecule has 0 amide bonds. The Kier molecular flexibility index (Phi) is 5.43. The summed E-state index contributed by atoms with van der Waals surface area (Å²) in [5.74, 6) is 1.16. The van der Waals surface area contributed by atoms with Crippen LogP contribution in [0.4, 0.5) is 5.82 Å². The Bertz CT molecular complexity index is 513. The molecule has 0 fully saturated rings. The summed E-state index contributed by atoms with van der Waals surface area (Å²) < 4.78 is 24.9. The summed E-state index contributed by atoms with van der Waals surface area (Å²) in [7, 11) is -0.514. The van der Waals surface area contributed by atoms with Gasteiger partial charge in [-0.15, -0.1) is 23.2 Å². The van der Waals surface area contributed by atoms with E-state index in [1.165, 1.54) is 26.4 Å². The zero-order valence-electron chi connectivity index (χ0n) is 11.0. The Morgan fingerprint density at radius 2 is 1.89 bits per heavy atom. The highest BCUT2D eigenvalue weighted by atomic mass is 35.5. The van der Waals surface area contributed by atoms with E-state index in [0.717, 1.165) is 4.31 Å². The maximum absolute atomic E-state index is 11.9. The predicted octanol–water partition coefficient (Wildman–Crippen LogP) is 1.98. The van der Waals surface area contributed by atoms with E-state index in [-0.39, 0.29) is 4.90 Å². The molecule has 0 aliphatic heterocycles. The van der Waals surface area contributed by atoms with Gasteiger partial charge in [0.1, 0.15) is 10.7 Å². The number of hydrogen-bond donors (Lipinski definition) is 1. The quantitative estimate of drug-likeness (QED) is 0.812. The molecule has 0 saturated heterocycles. The lowest BCUT2D eigenvalue weighted by atomic mass is 10.1. The minimum Gasteiger partial charge on any atom is -0.363 e. The highest BCUT2D eigenvalue weighted by Crippen LogP contribution is 2.19. The van der Waals surface area contributed by atoms with Crippen LogP contribution in [0.1, 0.15) is 6.92 Å². The summed E-state index contributed by atoms with van der Waals surface area (Å²) in [5.41, 5.74) is -0.488. The summed E-state index contributed by atoms with van der Waals surface area (Å²) in [6, 6.07) is 3.08. The number of halogens is 2. The number of pyridine rings is 1. The van der Waals surface area contributed by atoms with Gasteiger partial charge >= 0.3 is 0 Å². The summed E-state index contributed by atoms with van der Waals surface area (Å²) in [6.07, 6.45) is 1.31. The van der Waals surface area contributed by atoms with Gasteiger partial charge in [0, 0.05) is 32.1 Å². The molecule has 8 heteroatoms. The van der Waals surface area contributed by atoms with E-state index in [1.54, 1.807) is 6.07 Å². The first-order valence-electron chi connectivity index (χ1n) is 5.54. The topological polar surface area (TPSA) is 62.3 Å². The fraction of sp³-hybridized carbons (Fsp3) is 0.545. The van der Waals surface area contributed by atoms with Crippen LogP contribution in [0.25, 0.3) is 0 Å². The first-order valence-corrected chi connectivity index (χ1v) is 8.05. The Morgan fingerprint density at radius 1 is 1.32 bits per heavy atom. The SMILES string of the molecule is CN(C)S(=O)(=O)c1ccc(NC(C)(CCl)CCl)nc1. The van der Waals surface area contributed by atoms with Crippen molar-refractivity contribution in [3.05, 3.63) is 18.3 Å². The average Bonchev–Trinajstić information content (AvgIpc) is 2.39. The van der Waals surface area contributed by atoms with Crippen molar-refractivity contribution in [2.24, 2.45) is 0 Å². The van der Waals surface area contributed by atoms with Gasteiger partial charge in [0.05, 0.1) is 5.54 Å². The van der Waals surface area contributed by atoms with Crippen molar-refractivity contribution in [1.82, 2.24) is 9.29 Å². The van der Waals surface area contributed by atoms with Gasteiger partial charge in [-0.05, 0) is 19.1 Å². The van der Waals surface area contributed by atoms with Gasteiger partial charge in [0.25, 0.3) is 0 Å². The normalized spacial score (nSPS) is 12.7. The largest absolute Gasteiger partial charge is 0.363 e. The molecule has 108 valence electrons. The number of alkyl halides is 2. The van der Waals surface area contributed by atoms with Crippen molar-refractivity contribution in [1.29, 1.82) is 0 Å². The van der Waals surface area contributed by atoms with Crippen molar-refractivity contribution in [3.63, 3.8) is 0 Å². The lowest BCUT2D eigenvalue weighted by Gasteiger charge is -2.26. The Labute approximate surface area is 124 Å². The molecule has 0 bridgehead atoms. The second kappa shape index (κ2) is 6.26. The summed E-state index contributed by atoms with van der Waals surface area (Å²) >= 11 is 11.7. The third-order valence-corrected chi connectivity index (χ3v) is 5.51. The Balaban J connectivity index is 2.95. The molecule has 1 rings (SSSR count). The number of aromatic nitrogens is 1. The monoisotopic (exact) mass is 325 g/mol. The van der Waals surface area contributed by atoms with Crippen LogP contribution in [0, 0.1) is 0 Å². The first kappa shape index (κ1) is 16.5. The Morgan fingerprint density at radius 3 is 2.26 bits per heavy atom. The highest BCUT2D eigenvalue weighted by Gasteiger charge is 2.23. The van der Waals surface area contributed by atoms with Crippen LogP contribution in [0.3, 0.4) is 0 Å². The standard InChI is InChI=1S/C11H17Cl2N3O2S/c1-11(7-12,8-13)15-10-5-4-9(6-14-10)19(17,18)16(2)3/h4-6H,7-8H2,1-3H3,(H,14,15). The summed E-state index contributed by atoms with van der Waals surface area (Å²) in [4.78, 5) is 4.21. The van der Waals surface area contributed by atoms with Gasteiger partial charge in [0.2, 0.25) is 10.0 Å². The van der Waals surface area contributed by atoms with E-state index in [1.807, 2.05) is 6.92 Å². The van der Waals surface area contributed by atoms with E-state index in [0.29, 0.717) is 17.6 Å². The van der Waals surface area contributed by atoms with Crippen molar-refractivity contribution >= 4 is 39.0 Å². The number of rotatable bonds is 6. The number of anilines is 1. The molecule has 1 aromatic rings. The minimum atomic E-state index is -3.46. The smallest absolute Gasteiger partial charge is 0.244 e. The van der Waals surface area contributed by atoms with Crippen molar-refractivity contribution in [3.8, 4) is 0 Å². The van der Waals surface area contributed by atoms with E-state index in [2.05, 4.69) is 10.3 Å². The fourth-order valence-corrected chi connectivity index (χ4v) is 2.50. The fourth-order valence-electron chi connectivity index (χ4n) is 1.23. The molecule has 0 aromatic carbocycles. The highest BCUT2D eigenvalue weighted by molar-refractivity contribution is 7.89. The van der Waals surface area contributed by atoms with Crippen LogP contribution in [-0.4, -0.2) is 49.1 Å². The van der Waals surface area contributed by atoms with E-state index in [9.17, 15) is 8.42 Å². The van der Waals surface area contributed by atoms with Crippen molar-refractivity contribution < 1.29 is 8.42 Å². The maximum Gasteiger partial charge on any atom is 0.244 e. The molecule has 1 heterocycles. The second-order valence-corrected chi connectivity index (χ2v) is 7.31. The molecule has 0 atom stereocenters. The van der Waals surface area contributed by atoms with Gasteiger partial charge < -0.3 is 5.32 Å². The zero-order chi connectivity index (χ0) is 14.7. The molecule has 0 radical (unpaired) electrons. The lowest BCUT2D eigenvalue weighted by molar-refractivity contribution is 0.520. The van der Waals surface area contributed by atoms with Crippen LogP contribution in [0.2, 0.25) is 0 Å². The van der Waals surface area contributed by atoms with Crippen LogP contribution in [-0.2, 0) is 10.0 Å². The average molecular weight is 326 g/mol. The second-order valence-electron chi connectivity index (χ2n) is 4.62. The lowest BCUT2D eigenvalue weighted by Crippen LogP contribution is -2.39. The molecule has 5 nitrogen and oxygen atoms in total. The molecule has 0 aliphatic carbocycles. The molecule has 0 aliphatic rings. The van der Waals surface area contributed by atoms with Crippen LogP contribution < -0.4 is 5.32 Å². The van der Waals surface area contributed by atoms with Crippen LogP contribution in [0.15, 0.2) is 23.2 Å². The summed E-state index contributed by atoms with van der Waals surface area (Å²) in [5, 5.41) is 3.08. The molecule has 19 heavy (non-hydrogen) atoms. The number of nitrogens with zero attached hydrogens (tertiary/aromatic N) is 2.